The number of rotatable bonds is 6. The summed E-state index contributed by atoms with van der Waals surface area (Å²) in [6.07, 6.45) is 0. The van der Waals surface area contributed by atoms with E-state index in [4.69, 9.17) is 0 Å². The highest BCUT2D eigenvalue weighted by molar-refractivity contribution is 8.01. The van der Waals surface area contributed by atoms with Gasteiger partial charge in [0.15, 0.2) is 4.34 Å². The van der Waals surface area contributed by atoms with Crippen LogP contribution < -0.4 is 10.2 Å². The zero-order valence-corrected chi connectivity index (χ0v) is 18.0. The number of thioether (sulfide) groups is 1. The van der Waals surface area contributed by atoms with Crippen LogP contribution in [0.1, 0.15) is 29.8 Å². The summed E-state index contributed by atoms with van der Waals surface area (Å²) in [5.41, 5.74) is 1.83. The summed E-state index contributed by atoms with van der Waals surface area (Å²) in [7, 11) is 0. The van der Waals surface area contributed by atoms with Crippen molar-refractivity contribution in [2.45, 2.75) is 31.2 Å². The molecule has 2 heterocycles. The summed E-state index contributed by atoms with van der Waals surface area (Å²) < 4.78 is 0.784. The predicted molar refractivity (Wildman–Crippen MR) is 113 cm³/mol. The van der Waals surface area contributed by atoms with Crippen LogP contribution in [0.4, 0.5) is 5.13 Å². The Hall–Kier alpha value is -2.13. The molecule has 1 fully saturated rings. The molecule has 0 unspecified atom stereocenters. The van der Waals surface area contributed by atoms with Crippen LogP contribution in [0.15, 0.2) is 28.6 Å². The quantitative estimate of drug-likeness (QED) is 0.725. The van der Waals surface area contributed by atoms with Crippen molar-refractivity contribution in [3.8, 4) is 0 Å². The van der Waals surface area contributed by atoms with E-state index in [-0.39, 0.29) is 17.9 Å². The van der Waals surface area contributed by atoms with Crippen molar-refractivity contribution in [2.75, 3.05) is 36.8 Å². The van der Waals surface area contributed by atoms with Crippen LogP contribution in [0.2, 0.25) is 0 Å². The number of aromatic nitrogens is 2. The normalized spacial score (nSPS) is 14.4. The molecular formula is C19H25N5O2S2. The van der Waals surface area contributed by atoms with Crippen molar-refractivity contribution in [1.29, 1.82) is 0 Å². The van der Waals surface area contributed by atoms with E-state index in [2.05, 4.69) is 20.4 Å². The van der Waals surface area contributed by atoms with E-state index in [0.717, 1.165) is 33.7 Å². The van der Waals surface area contributed by atoms with Gasteiger partial charge in [0, 0.05) is 37.8 Å². The lowest BCUT2D eigenvalue weighted by molar-refractivity contribution is -0.119. The minimum Gasteiger partial charge on any atom is -0.353 e. The van der Waals surface area contributed by atoms with E-state index < -0.39 is 0 Å². The van der Waals surface area contributed by atoms with Crippen molar-refractivity contribution in [2.24, 2.45) is 0 Å². The molecule has 2 amide bonds. The standard InChI is InChI=1S/C19H25N5O2S2/c1-13(2)20-16(25)12-27-19-22-21-18(28-19)24-9-7-23(8-10-24)17(26)15-6-4-5-14(3)11-15/h4-6,11,13H,7-10,12H2,1-3H3,(H,20,25). The fourth-order valence-electron chi connectivity index (χ4n) is 2.94. The third kappa shape index (κ3) is 5.45. The zero-order valence-electron chi connectivity index (χ0n) is 16.3. The maximum absolute atomic E-state index is 12.7. The monoisotopic (exact) mass is 419 g/mol. The van der Waals surface area contributed by atoms with Crippen LogP contribution in [0.5, 0.6) is 0 Å². The van der Waals surface area contributed by atoms with Gasteiger partial charge in [-0.25, -0.2) is 0 Å². The first-order chi connectivity index (χ1) is 13.4. The van der Waals surface area contributed by atoms with Crippen molar-refractivity contribution in [3.63, 3.8) is 0 Å². The number of carbonyl (C=O) groups is 2. The van der Waals surface area contributed by atoms with Gasteiger partial charge in [0.25, 0.3) is 5.91 Å². The van der Waals surface area contributed by atoms with Gasteiger partial charge in [-0.1, -0.05) is 40.8 Å². The second kappa shape index (κ2) is 9.38. The molecule has 1 aliphatic rings. The first-order valence-electron chi connectivity index (χ1n) is 9.29. The van der Waals surface area contributed by atoms with Crippen LogP contribution in [0.3, 0.4) is 0 Å². The fourth-order valence-corrected chi connectivity index (χ4v) is 4.64. The van der Waals surface area contributed by atoms with Crippen LogP contribution >= 0.6 is 23.1 Å². The largest absolute Gasteiger partial charge is 0.353 e. The van der Waals surface area contributed by atoms with Gasteiger partial charge < -0.3 is 15.1 Å². The Labute approximate surface area is 173 Å². The lowest BCUT2D eigenvalue weighted by Gasteiger charge is -2.34. The summed E-state index contributed by atoms with van der Waals surface area (Å²) in [5, 5.41) is 12.1. The molecule has 1 N–H and O–H groups in total. The lowest BCUT2D eigenvalue weighted by Crippen LogP contribution is -2.48. The lowest BCUT2D eigenvalue weighted by atomic mass is 10.1. The Morgan fingerprint density at radius 3 is 2.64 bits per heavy atom. The molecule has 9 heteroatoms. The van der Waals surface area contributed by atoms with Crippen molar-refractivity contribution >= 4 is 40.0 Å². The van der Waals surface area contributed by atoms with Crippen molar-refractivity contribution in [1.82, 2.24) is 20.4 Å². The zero-order chi connectivity index (χ0) is 20.1. The van der Waals surface area contributed by atoms with E-state index in [1.54, 1.807) is 0 Å². The van der Waals surface area contributed by atoms with Crippen LogP contribution in [-0.4, -0.2) is 64.9 Å². The van der Waals surface area contributed by atoms with Gasteiger partial charge in [-0.05, 0) is 32.9 Å². The highest BCUT2D eigenvalue weighted by atomic mass is 32.2. The number of anilines is 1. The number of benzene rings is 1. The topological polar surface area (TPSA) is 78.4 Å². The first kappa shape index (κ1) is 20.6. The van der Waals surface area contributed by atoms with Gasteiger partial charge >= 0.3 is 0 Å². The minimum absolute atomic E-state index is 0.0000235. The molecule has 28 heavy (non-hydrogen) atoms. The fraction of sp³-hybridized carbons (Fsp3) is 0.474. The first-order valence-corrected chi connectivity index (χ1v) is 11.1. The molecule has 150 valence electrons. The number of piperazine rings is 1. The maximum Gasteiger partial charge on any atom is 0.253 e. The molecule has 0 spiro atoms. The third-order valence-electron chi connectivity index (χ3n) is 4.27. The van der Waals surface area contributed by atoms with Crippen LogP contribution in [0, 0.1) is 6.92 Å². The molecule has 2 aromatic rings. The Kier molecular flexibility index (Phi) is 6.90. The summed E-state index contributed by atoms with van der Waals surface area (Å²) in [6.45, 7) is 8.64. The van der Waals surface area contributed by atoms with Gasteiger partial charge in [0.05, 0.1) is 5.75 Å². The number of amides is 2. The molecule has 3 rings (SSSR count). The van der Waals surface area contributed by atoms with Gasteiger partial charge in [-0.3, -0.25) is 9.59 Å². The van der Waals surface area contributed by atoms with Gasteiger partial charge in [-0.2, -0.15) is 0 Å². The summed E-state index contributed by atoms with van der Waals surface area (Å²) in [4.78, 5) is 28.5. The second-order valence-electron chi connectivity index (χ2n) is 7.01. The Balaban J connectivity index is 1.50. The molecule has 0 saturated carbocycles. The molecule has 0 atom stereocenters. The average Bonchev–Trinajstić information content (AvgIpc) is 3.14. The summed E-state index contributed by atoms with van der Waals surface area (Å²) >= 11 is 2.89. The Morgan fingerprint density at radius 2 is 1.96 bits per heavy atom. The highest BCUT2D eigenvalue weighted by Crippen LogP contribution is 2.28. The van der Waals surface area contributed by atoms with Gasteiger partial charge in [-0.15, -0.1) is 10.2 Å². The summed E-state index contributed by atoms with van der Waals surface area (Å²) in [6, 6.07) is 7.84. The Bertz CT molecular complexity index is 831. The van der Waals surface area contributed by atoms with E-state index in [1.165, 1.54) is 23.1 Å². The summed E-state index contributed by atoms with van der Waals surface area (Å²) in [5.74, 6) is 0.416. The van der Waals surface area contributed by atoms with Crippen LogP contribution in [-0.2, 0) is 4.79 Å². The average molecular weight is 420 g/mol. The number of hydrogen-bond acceptors (Lipinski definition) is 7. The number of aryl methyl sites for hydroxylation is 1. The molecule has 1 saturated heterocycles. The smallest absolute Gasteiger partial charge is 0.253 e. The van der Waals surface area contributed by atoms with Crippen molar-refractivity contribution in [3.05, 3.63) is 35.4 Å². The van der Waals surface area contributed by atoms with E-state index in [1.807, 2.05) is 49.9 Å². The molecule has 1 aliphatic heterocycles. The minimum atomic E-state index is 0.0000235. The predicted octanol–water partition coefficient (Wildman–Crippen LogP) is 2.43. The number of hydrogen-bond donors (Lipinski definition) is 1. The molecule has 1 aromatic heterocycles. The van der Waals surface area contributed by atoms with E-state index >= 15 is 0 Å². The molecular weight excluding hydrogens is 394 g/mol. The molecule has 1 aromatic carbocycles. The van der Waals surface area contributed by atoms with Gasteiger partial charge in [0.1, 0.15) is 0 Å². The number of nitrogens with one attached hydrogen (secondary N) is 1. The number of carbonyl (C=O) groups excluding carboxylic acids is 2. The van der Waals surface area contributed by atoms with E-state index in [9.17, 15) is 9.59 Å². The molecule has 7 nitrogen and oxygen atoms in total. The van der Waals surface area contributed by atoms with E-state index in [0.29, 0.717) is 18.8 Å². The second-order valence-corrected chi connectivity index (χ2v) is 9.19. The maximum atomic E-state index is 12.7. The molecule has 0 aliphatic carbocycles. The molecule has 0 bridgehead atoms. The SMILES string of the molecule is Cc1cccc(C(=O)N2CCN(c3nnc(SCC(=O)NC(C)C)s3)CC2)c1. The third-order valence-corrected chi connectivity index (χ3v) is 6.39. The van der Waals surface area contributed by atoms with Crippen molar-refractivity contribution < 1.29 is 9.59 Å². The Morgan fingerprint density at radius 1 is 1.21 bits per heavy atom. The molecule has 0 radical (unpaired) electrons. The highest BCUT2D eigenvalue weighted by Gasteiger charge is 2.24. The van der Waals surface area contributed by atoms with Crippen LogP contribution in [0.25, 0.3) is 0 Å². The number of nitrogens with zero attached hydrogens (tertiary/aromatic N) is 4. The van der Waals surface area contributed by atoms with Gasteiger partial charge in [0.2, 0.25) is 11.0 Å².